The van der Waals surface area contributed by atoms with Crippen LogP contribution in [0.2, 0.25) is 0 Å². The van der Waals surface area contributed by atoms with Crippen LogP contribution >= 0.6 is 0 Å². The van der Waals surface area contributed by atoms with Crippen molar-refractivity contribution in [2.24, 2.45) is 0 Å². The Bertz CT molecular complexity index is 487. The summed E-state index contributed by atoms with van der Waals surface area (Å²) in [5, 5.41) is 2.75. The van der Waals surface area contributed by atoms with Crippen LogP contribution in [0, 0.1) is 0 Å². The van der Waals surface area contributed by atoms with Crippen molar-refractivity contribution in [3.8, 4) is 11.5 Å². The molecule has 0 aliphatic heterocycles. The van der Waals surface area contributed by atoms with Crippen LogP contribution in [0.15, 0.2) is 12.1 Å². The Labute approximate surface area is 119 Å². The van der Waals surface area contributed by atoms with E-state index in [4.69, 9.17) is 14.2 Å². The van der Waals surface area contributed by atoms with Gasteiger partial charge in [0.1, 0.15) is 0 Å². The molecule has 0 fully saturated rings. The Morgan fingerprint density at radius 2 is 2.00 bits per heavy atom. The second-order valence-electron chi connectivity index (χ2n) is 4.74. The molecule has 1 aliphatic carbocycles. The lowest BCUT2D eigenvalue weighted by Gasteiger charge is -2.31. The summed E-state index contributed by atoms with van der Waals surface area (Å²) in [5.41, 5.74) is 2.58. The third-order valence-corrected chi connectivity index (χ3v) is 3.59. The number of nitrogens with one attached hydrogen (secondary N) is 1. The fraction of sp³-hybridized carbons (Fsp3) is 0.533. The second kappa shape index (κ2) is 6.50. The average molecular weight is 279 g/mol. The Balaban J connectivity index is 1.90. The van der Waals surface area contributed by atoms with Crippen molar-refractivity contribution in [2.45, 2.75) is 25.7 Å². The van der Waals surface area contributed by atoms with Gasteiger partial charge in [-0.05, 0) is 48.9 Å². The highest BCUT2D eigenvalue weighted by atomic mass is 16.5. The number of ether oxygens (including phenoxy) is 3. The van der Waals surface area contributed by atoms with Crippen molar-refractivity contribution in [3.63, 3.8) is 0 Å². The van der Waals surface area contributed by atoms with Gasteiger partial charge in [0.15, 0.2) is 11.5 Å². The standard InChI is InChI=1S/C15H21NO4/c1-4-20-15(17)16-6-5-10-7-11-8-13(18-2)14(19-3)9-12(10)11/h8-10H,4-7H2,1-3H3,(H,16,17)/t10-/m0/s1. The van der Waals surface area contributed by atoms with Crippen LogP contribution in [0.5, 0.6) is 11.5 Å². The van der Waals surface area contributed by atoms with E-state index in [1.807, 2.05) is 12.1 Å². The molecule has 0 heterocycles. The molecule has 0 radical (unpaired) electrons. The molecular formula is C15H21NO4. The molecule has 1 aromatic carbocycles. The van der Waals surface area contributed by atoms with Gasteiger partial charge in [0, 0.05) is 6.54 Å². The highest BCUT2D eigenvalue weighted by Gasteiger charge is 2.28. The van der Waals surface area contributed by atoms with Crippen molar-refractivity contribution in [1.29, 1.82) is 0 Å². The SMILES string of the molecule is CCOC(=O)NCC[C@H]1Cc2cc(OC)c(OC)cc21. The first-order chi connectivity index (χ1) is 9.69. The molecule has 0 bridgehead atoms. The zero-order chi connectivity index (χ0) is 14.5. The number of hydrogen-bond acceptors (Lipinski definition) is 4. The molecule has 20 heavy (non-hydrogen) atoms. The maximum atomic E-state index is 11.2. The normalized spacial score (nSPS) is 15.8. The maximum Gasteiger partial charge on any atom is 0.407 e. The Hall–Kier alpha value is -1.91. The fourth-order valence-corrected chi connectivity index (χ4v) is 2.53. The molecule has 1 amide bonds. The summed E-state index contributed by atoms with van der Waals surface area (Å²) in [6.45, 7) is 2.81. The van der Waals surface area contributed by atoms with Gasteiger partial charge in [-0.2, -0.15) is 0 Å². The van der Waals surface area contributed by atoms with E-state index in [0.717, 1.165) is 24.3 Å². The summed E-state index contributed by atoms with van der Waals surface area (Å²) in [4.78, 5) is 11.2. The van der Waals surface area contributed by atoms with Crippen LogP contribution < -0.4 is 14.8 Å². The molecule has 2 rings (SSSR count). The fourth-order valence-electron chi connectivity index (χ4n) is 2.53. The smallest absolute Gasteiger partial charge is 0.407 e. The highest BCUT2D eigenvalue weighted by molar-refractivity contribution is 5.67. The van der Waals surface area contributed by atoms with Crippen LogP contribution in [0.1, 0.15) is 30.4 Å². The predicted octanol–water partition coefficient (Wildman–Crippen LogP) is 2.48. The van der Waals surface area contributed by atoms with Crippen molar-refractivity contribution in [2.75, 3.05) is 27.4 Å². The van der Waals surface area contributed by atoms with Crippen molar-refractivity contribution in [1.82, 2.24) is 5.32 Å². The first-order valence-electron chi connectivity index (χ1n) is 6.85. The van der Waals surface area contributed by atoms with Gasteiger partial charge < -0.3 is 19.5 Å². The van der Waals surface area contributed by atoms with Gasteiger partial charge in [-0.1, -0.05) is 0 Å². The number of amides is 1. The van der Waals surface area contributed by atoms with E-state index in [0.29, 0.717) is 19.1 Å². The molecule has 1 atom stereocenters. The second-order valence-corrected chi connectivity index (χ2v) is 4.74. The van der Waals surface area contributed by atoms with Gasteiger partial charge in [0.05, 0.1) is 20.8 Å². The number of alkyl carbamates (subject to hydrolysis) is 1. The number of methoxy groups -OCH3 is 2. The third kappa shape index (κ3) is 2.98. The molecule has 5 nitrogen and oxygen atoms in total. The summed E-state index contributed by atoms with van der Waals surface area (Å²) >= 11 is 0. The molecule has 0 saturated carbocycles. The van der Waals surface area contributed by atoms with Gasteiger partial charge in [-0.25, -0.2) is 4.79 Å². The molecule has 0 saturated heterocycles. The first-order valence-corrected chi connectivity index (χ1v) is 6.85. The summed E-state index contributed by atoms with van der Waals surface area (Å²) < 4.78 is 15.4. The third-order valence-electron chi connectivity index (χ3n) is 3.59. The maximum absolute atomic E-state index is 11.2. The van der Waals surface area contributed by atoms with Crippen molar-refractivity contribution in [3.05, 3.63) is 23.3 Å². The average Bonchev–Trinajstić information content (AvgIpc) is 2.43. The predicted molar refractivity (Wildman–Crippen MR) is 75.6 cm³/mol. The highest BCUT2D eigenvalue weighted by Crippen LogP contribution is 2.43. The van der Waals surface area contributed by atoms with E-state index in [9.17, 15) is 4.79 Å². The van der Waals surface area contributed by atoms with Gasteiger partial charge in [-0.3, -0.25) is 0 Å². The summed E-state index contributed by atoms with van der Waals surface area (Å²) in [6, 6.07) is 4.07. The quantitative estimate of drug-likeness (QED) is 0.869. The number of hydrogen-bond donors (Lipinski definition) is 1. The van der Waals surface area contributed by atoms with Crippen LogP contribution in [-0.2, 0) is 11.2 Å². The molecule has 1 aromatic rings. The molecular weight excluding hydrogens is 258 g/mol. The lowest BCUT2D eigenvalue weighted by atomic mass is 9.75. The van der Waals surface area contributed by atoms with E-state index in [-0.39, 0.29) is 6.09 Å². The van der Waals surface area contributed by atoms with E-state index in [1.165, 1.54) is 11.1 Å². The van der Waals surface area contributed by atoms with E-state index >= 15 is 0 Å². The largest absolute Gasteiger partial charge is 0.493 e. The molecule has 5 heteroatoms. The molecule has 0 spiro atoms. The van der Waals surface area contributed by atoms with Crippen molar-refractivity contribution < 1.29 is 19.0 Å². The number of fused-ring (bicyclic) bond motifs is 1. The summed E-state index contributed by atoms with van der Waals surface area (Å²) in [6.07, 6.45) is 1.57. The van der Waals surface area contributed by atoms with Crippen LogP contribution in [0.4, 0.5) is 4.79 Å². The minimum Gasteiger partial charge on any atom is -0.493 e. The van der Waals surface area contributed by atoms with Crippen LogP contribution in [-0.4, -0.2) is 33.5 Å². The minimum absolute atomic E-state index is 0.348. The Morgan fingerprint density at radius 1 is 1.30 bits per heavy atom. The number of carbonyl (C=O) groups excluding carboxylic acids is 1. The van der Waals surface area contributed by atoms with Crippen LogP contribution in [0.25, 0.3) is 0 Å². The molecule has 0 unspecified atom stereocenters. The van der Waals surface area contributed by atoms with E-state index < -0.39 is 0 Å². The number of carbonyl (C=O) groups is 1. The summed E-state index contributed by atoms with van der Waals surface area (Å²) in [7, 11) is 3.28. The van der Waals surface area contributed by atoms with E-state index in [1.54, 1.807) is 21.1 Å². The monoisotopic (exact) mass is 279 g/mol. The van der Waals surface area contributed by atoms with Gasteiger partial charge in [0.25, 0.3) is 0 Å². The molecule has 0 aromatic heterocycles. The zero-order valence-corrected chi connectivity index (χ0v) is 12.2. The molecule has 1 N–H and O–H groups in total. The summed E-state index contributed by atoms with van der Waals surface area (Å²) in [5.74, 6) is 2.00. The molecule has 110 valence electrons. The lowest BCUT2D eigenvalue weighted by Crippen LogP contribution is -2.28. The van der Waals surface area contributed by atoms with Gasteiger partial charge >= 0.3 is 6.09 Å². The lowest BCUT2D eigenvalue weighted by molar-refractivity contribution is 0.152. The Morgan fingerprint density at radius 3 is 2.65 bits per heavy atom. The van der Waals surface area contributed by atoms with Gasteiger partial charge in [0.2, 0.25) is 0 Å². The minimum atomic E-state index is -0.348. The Kier molecular flexibility index (Phi) is 4.71. The first kappa shape index (κ1) is 14.5. The molecule has 1 aliphatic rings. The zero-order valence-electron chi connectivity index (χ0n) is 12.2. The number of benzene rings is 1. The number of rotatable bonds is 6. The van der Waals surface area contributed by atoms with Gasteiger partial charge in [-0.15, -0.1) is 0 Å². The van der Waals surface area contributed by atoms with Crippen LogP contribution in [0.3, 0.4) is 0 Å². The van der Waals surface area contributed by atoms with E-state index in [2.05, 4.69) is 5.32 Å². The van der Waals surface area contributed by atoms with Crippen molar-refractivity contribution >= 4 is 6.09 Å². The topological polar surface area (TPSA) is 56.8 Å².